The molecule has 186 valence electrons. The fourth-order valence-electron chi connectivity index (χ4n) is 4.13. The number of nitrogens with one attached hydrogen (secondary N) is 1. The van der Waals surface area contributed by atoms with Gasteiger partial charge in [0.05, 0.1) is 19.7 Å². The Morgan fingerprint density at radius 3 is 2.53 bits per heavy atom. The van der Waals surface area contributed by atoms with Gasteiger partial charge in [0.15, 0.2) is 11.5 Å². The molecule has 0 aliphatic rings. The predicted octanol–water partition coefficient (Wildman–Crippen LogP) is 5.54. The Kier molecular flexibility index (Phi) is 7.90. The third-order valence-electron chi connectivity index (χ3n) is 5.88. The number of rotatable bonds is 11. The predicted molar refractivity (Wildman–Crippen MR) is 138 cm³/mol. The highest BCUT2D eigenvalue weighted by Gasteiger charge is 2.17. The van der Waals surface area contributed by atoms with Crippen LogP contribution in [0.1, 0.15) is 21.6 Å². The van der Waals surface area contributed by atoms with E-state index in [1.54, 1.807) is 26.4 Å². The van der Waals surface area contributed by atoms with E-state index in [0.29, 0.717) is 42.5 Å². The largest absolute Gasteiger partial charge is 0.493 e. The van der Waals surface area contributed by atoms with Gasteiger partial charge in [-0.25, -0.2) is 4.39 Å². The number of methoxy groups -OCH3 is 2. The summed E-state index contributed by atoms with van der Waals surface area (Å²) in [4.78, 5) is 13.2. The lowest BCUT2D eigenvalue weighted by molar-refractivity contribution is 0.0946. The van der Waals surface area contributed by atoms with E-state index in [4.69, 9.17) is 14.2 Å². The summed E-state index contributed by atoms with van der Waals surface area (Å²) in [5.41, 5.74) is 3.12. The Morgan fingerprint density at radius 1 is 0.972 bits per heavy atom. The van der Waals surface area contributed by atoms with Crippen LogP contribution in [0.3, 0.4) is 0 Å². The van der Waals surface area contributed by atoms with Gasteiger partial charge in [0, 0.05) is 18.5 Å². The summed E-state index contributed by atoms with van der Waals surface area (Å²) in [6.45, 7) is 4.98. The summed E-state index contributed by atoms with van der Waals surface area (Å²) in [5.74, 6) is 1.44. The van der Waals surface area contributed by atoms with Crippen LogP contribution in [0, 0.1) is 5.82 Å². The van der Waals surface area contributed by atoms with Crippen LogP contribution < -0.4 is 19.5 Å². The van der Waals surface area contributed by atoms with E-state index < -0.39 is 0 Å². The molecule has 0 saturated carbocycles. The number of carbonyl (C=O) groups is 1. The molecule has 0 bridgehead atoms. The van der Waals surface area contributed by atoms with Gasteiger partial charge in [-0.3, -0.25) is 4.79 Å². The number of amides is 1. The van der Waals surface area contributed by atoms with Crippen molar-refractivity contribution in [3.8, 4) is 17.2 Å². The summed E-state index contributed by atoms with van der Waals surface area (Å²) in [6.07, 6.45) is 2.38. The molecular weight excluding hydrogens is 459 g/mol. The number of hydrogen-bond acceptors (Lipinski definition) is 4. The molecule has 1 amide bonds. The molecule has 6 nitrogen and oxygen atoms in total. The smallest absolute Gasteiger partial charge is 0.267 e. The first kappa shape index (κ1) is 24.9. The zero-order chi connectivity index (χ0) is 25.5. The fraction of sp³-hybridized carbons (Fsp3) is 0.207. The molecule has 0 fully saturated rings. The van der Waals surface area contributed by atoms with Crippen LogP contribution in [0.15, 0.2) is 79.4 Å². The first-order chi connectivity index (χ1) is 17.5. The number of fused-ring (bicyclic) bond motifs is 1. The Hall–Kier alpha value is -4.26. The second-order valence-electron chi connectivity index (χ2n) is 8.23. The van der Waals surface area contributed by atoms with E-state index >= 15 is 0 Å². The van der Waals surface area contributed by atoms with Crippen molar-refractivity contribution in [1.29, 1.82) is 0 Å². The van der Waals surface area contributed by atoms with E-state index in [2.05, 4.69) is 11.9 Å². The van der Waals surface area contributed by atoms with Crippen LogP contribution in [-0.2, 0) is 19.6 Å². The zero-order valence-electron chi connectivity index (χ0n) is 20.4. The number of nitrogens with zero attached hydrogens (tertiary/aromatic N) is 1. The molecule has 7 heteroatoms. The highest BCUT2D eigenvalue weighted by molar-refractivity contribution is 6.00. The summed E-state index contributed by atoms with van der Waals surface area (Å²) in [7, 11) is 3.19. The average Bonchev–Trinajstić information content (AvgIpc) is 3.26. The lowest BCUT2D eigenvalue weighted by Gasteiger charge is -2.11. The van der Waals surface area contributed by atoms with Crippen LogP contribution in [0.2, 0.25) is 0 Å². The summed E-state index contributed by atoms with van der Waals surface area (Å²) < 4.78 is 32.1. The average molecular weight is 489 g/mol. The SMILES string of the molecule is C=CCn1c(C(=O)NCCc2ccc(OC)c(OC)c2)cc2c(OCc3cccc(F)c3)cccc21. The van der Waals surface area contributed by atoms with Gasteiger partial charge in [-0.15, -0.1) is 6.58 Å². The molecule has 4 rings (SSSR count). The summed E-state index contributed by atoms with van der Waals surface area (Å²) in [5, 5.41) is 3.81. The minimum Gasteiger partial charge on any atom is -0.493 e. The second-order valence-corrected chi connectivity index (χ2v) is 8.23. The van der Waals surface area contributed by atoms with Gasteiger partial charge in [-0.05, 0) is 60.0 Å². The number of aromatic nitrogens is 1. The van der Waals surface area contributed by atoms with Crippen molar-refractivity contribution in [3.05, 3.63) is 102 Å². The lowest BCUT2D eigenvalue weighted by atomic mass is 10.1. The van der Waals surface area contributed by atoms with E-state index in [1.165, 1.54) is 12.1 Å². The topological polar surface area (TPSA) is 61.7 Å². The van der Waals surface area contributed by atoms with Crippen LogP contribution in [0.5, 0.6) is 17.2 Å². The van der Waals surface area contributed by atoms with Crippen LogP contribution >= 0.6 is 0 Å². The van der Waals surface area contributed by atoms with Crippen molar-refractivity contribution >= 4 is 16.8 Å². The minimum atomic E-state index is -0.307. The number of hydrogen-bond donors (Lipinski definition) is 1. The van der Waals surface area contributed by atoms with Crippen LogP contribution in [-0.4, -0.2) is 31.2 Å². The normalized spacial score (nSPS) is 10.8. The van der Waals surface area contributed by atoms with E-state index in [9.17, 15) is 9.18 Å². The van der Waals surface area contributed by atoms with Gasteiger partial charge >= 0.3 is 0 Å². The minimum absolute atomic E-state index is 0.190. The number of halogens is 1. The van der Waals surface area contributed by atoms with Crippen molar-refractivity contribution in [2.24, 2.45) is 0 Å². The molecule has 0 spiro atoms. The Balaban J connectivity index is 1.51. The molecule has 1 aromatic heterocycles. The van der Waals surface area contributed by atoms with Crippen LogP contribution in [0.4, 0.5) is 4.39 Å². The molecule has 1 heterocycles. The second kappa shape index (κ2) is 11.4. The quantitative estimate of drug-likeness (QED) is 0.282. The molecule has 0 atom stereocenters. The zero-order valence-corrected chi connectivity index (χ0v) is 20.4. The van der Waals surface area contributed by atoms with E-state index in [1.807, 2.05) is 53.1 Å². The standard InChI is InChI=1S/C29H29FN2O4/c1-4-15-32-24-9-6-10-26(36-19-21-7-5-8-22(30)16-21)23(24)18-25(32)29(33)31-14-13-20-11-12-27(34-2)28(17-20)35-3/h4-12,16-18H,1,13-15,19H2,2-3H3,(H,31,33). The number of benzene rings is 3. The van der Waals surface area contributed by atoms with Gasteiger partial charge in [-0.2, -0.15) is 0 Å². The lowest BCUT2D eigenvalue weighted by Crippen LogP contribution is -2.27. The van der Waals surface area contributed by atoms with E-state index in [0.717, 1.165) is 22.0 Å². The first-order valence-corrected chi connectivity index (χ1v) is 11.6. The maximum absolute atomic E-state index is 13.5. The van der Waals surface area contributed by atoms with Crippen molar-refractivity contribution in [2.45, 2.75) is 19.6 Å². The number of allylic oxidation sites excluding steroid dienone is 1. The van der Waals surface area contributed by atoms with Crippen molar-refractivity contribution in [1.82, 2.24) is 9.88 Å². The highest BCUT2D eigenvalue weighted by Crippen LogP contribution is 2.30. The molecule has 0 aliphatic carbocycles. The van der Waals surface area contributed by atoms with Crippen molar-refractivity contribution in [2.75, 3.05) is 20.8 Å². The van der Waals surface area contributed by atoms with Crippen molar-refractivity contribution < 1.29 is 23.4 Å². The number of ether oxygens (including phenoxy) is 3. The van der Waals surface area contributed by atoms with E-state index in [-0.39, 0.29) is 18.3 Å². The van der Waals surface area contributed by atoms with Gasteiger partial charge in [0.1, 0.15) is 23.9 Å². The van der Waals surface area contributed by atoms with Gasteiger partial charge in [0.2, 0.25) is 0 Å². The Morgan fingerprint density at radius 2 is 1.78 bits per heavy atom. The molecule has 0 unspecified atom stereocenters. The number of carbonyl (C=O) groups excluding carboxylic acids is 1. The van der Waals surface area contributed by atoms with Gasteiger partial charge in [-0.1, -0.05) is 30.3 Å². The maximum atomic E-state index is 13.5. The summed E-state index contributed by atoms with van der Waals surface area (Å²) in [6, 6.07) is 19.5. The molecule has 3 aromatic carbocycles. The molecule has 0 radical (unpaired) electrons. The molecule has 0 saturated heterocycles. The van der Waals surface area contributed by atoms with Crippen LogP contribution in [0.25, 0.3) is 10.9 Å². The molecule has 4 aromatic rings. The third kappa shape index (κ3) is 5.51. The molecular formula is C29H29FN2O4. The Bertz CT molecular complexity index is 1380. The highest BCUT2D eigenvalue weighted by atomic mass is 19.1. The maximum Gasteiger partial charge on any atom is 0.267 e. The van der Waals surface area contributed by atoms with Gasteiger partial charge in [0.25, 0.3) is 5.91 Å². The summed E-state index contributed by atoms with van der Waals surface area (Å²) >= 11 is 0. The van der Waals surface area contributed by atoms with Gasteiger partial charge < -0.3 is 24.1 Å². The molecule has 36 heavy (non-hydrogen) atoms. The van der Waals surface area contributed by atoms with Crippen molar-refractivity contribution in [3.63, 3.8) is 0 Å². The molecule has 1 N–H and O–H groups in total. The monoisotopic (exact) mass is 488 g/mol. The first-order valence-electron chi connectivity index (χ1n) is 11.6. The fourth-order valence-corrected chi connectivity index (χ4v) is 4.13. The molecule has 0 aliphatic heterocycles. The Labute approximate surface area is 209 Å². The third-order valence-corrected chi connectivity index (χ3v) is 5.88.